The molecule has 1 heterocycles. The second kappa shape index (κ2) is 17.4. The second-order valence-electron chi connectivity index (χ2n) is 7.05. The monoisotopic (exact) mass is 429 g/mol. The third-order valence-corrected chi connectivity index (χ3v) is 4.87. The molecule has 0 aliphatic carbocycles. The van der Waals surface area contributed by atoms with Gasteiger partial charge in [0.1, 0.15) is 5.78 Å². The Morgan fingerprint density at radius 2 is 1.66 bits per heavy atom. The number of rotatable bonds is 19. The molecule has 1 saturated heterocycles. The number of nitrogens with zero attached hydrogens (tertiary/aromatic N) is 3. The van der Waals surface area contributed by atoms with Crippen LogP contribution < -0.4 is 10.6 Å². The molecule has 0 aromatic carbocycles. The summed E-state index contributed by atoms with van der Waals surface area (Å²) in [5, 5.41) is 10.6. The number of ketones is 1. The summed E-state index contributed by atoms with van der Waals surface area (Å²) in [5.41, 5.74) is 8.10. The number of hydrogen-bond acceptors (Lipinski definition) is 6. The van der Waals surface area contributed by atoms with E-state index in [4.69, 9.17) is 32.0 Å². The lowest BCUT2D eigenvalue weighted by atomic mass is 10.0. The van der Waals surface area contributed by atoms with Gasteiger partial charge >= 0.3 is 0 Å². The molecule has 0 bridgehead atoms. The summed E-state index contributed by atoms with van der Waals surface area (Å²) >= 11 is 5.11. The third-order valence-electron chi connectivity index (χ3n) is 4.64. The average molecular weight is 430 g/mol. The number of hydrogen-bond donors (Lipinski definition) is 2. The molecule has 1 rings (SSSR count). The third kappa shape index (κ3) is 14.2. The van der Waals surface area contributed by atoms with Gasteiger partial charge in [-0.3, -0.25) is 4.79 Å². The zero-order valence-corrected chi connectivity index (χ0v) is 18.3. The molecule has 0 saturated carbocycles. The highest BCUT2D eigenvalue weighted by Gasteiger charge is 2.24. The fourth-order valence-electron chi connectivity index (χ4n) is 3.02. The van der Waals surface area contributed by atoms with E-state index in [2.05, 4.69) is 27.6 Å². The molecular formula is C19H35N5O4S. The van der Waals surface area contributed by atoms with Gasteiger partial charge in [-0.1, -0.05) is 18.0 Å². The molecule has 0 amide bonds. The van der Waals surface area contributed by atoms with E-state index in [-0.39, 0.29) is 0 Å². The normalized spacial score (nSPS) is 18.2. The Morgan fingerprint density at radius 1 is 1.00 bits per heavy atom. The lowest BCUT2D eigenvalue weighted by Crippen LogP contribution is -2.30. The van der Waals surface area contributed by atoms with E-state index >= 15 is 0 Å². The molecule has 166 valence electrons. The van der Waals surface area contributed by atoms with Crippen molar-refractivity contribution < 1.29 is 19.0 Å². The predicted octanol–water partition coefficient (Wildman–Crippen LogP) is 2.88. The molecule has 0 unspecified atom stereocenters. The molecule has 1 aliphatic heterocycles. The molecule has 0 radical (unpaired) electrons. The van der Waals surface area contributed by atoms with Crippen LogP contribution in [0.15, 0.2) is 5.11 Å². The highest BCUT2D eigenvalue weighted by atomic mass is 32.1. The maximum Gasteiger partial charge on any atom is 0.166 e. The summed E-state index contributed by atoms with van der Waals surface area (Å²) in [4.78, 5) is 14.5. The number of nitrogens with one attached hydrogen (secondary N) is 2. The Balaban J connectivity index is 1.79. The average Bonchev–Trinajstić information content (AvgIpc) is 3.02. The molecular weight excluding hydrogens is 394 g/mol. The van der Waals surface area contributed by atoms with Crippen LogP contribution in [0.5, 0.6) is 0 Å². The van der Waals surface area contributed by atoms with E-state index in [1.807, 2.05) is 0 Å². The summed E-state index contributed by atoms with van der Waals surface area (Å²) in [5.74, 6) is 0.318. The molecule has 10 heteroatoms. The van der Waals surface area contributed by atoms with Gasteiger partial charge in [-0.05, 0) is 43.9 Å². The Morgan fingerprint density at radius 3 is 2.31 bits per heavy atom. The van der Waals surface area contributed by atoms with Gasteiger partial charge in [0, 0.05) is 43.0 Å². The van der Waals surface area contributed by atoms with Crippen LogP contribution in [0.4, 0.5) is 0 Å². The van der Waals surface area contributed by atoms with E-state index in [1.54, 1.807) is 0 Å². The summed E-state index contributed by atoms with van der Waals surface area (Å²) in [6.07, 6.45) is 6.23. The minimum Gasteiger partial charge on any atom is -0.379 e. The van der Waals surface area contributed by atoms with Gasteiger partial charge in [0.15, 0.2) is 5.11 Å². The zero-order valence-electron chi connectivity index (χ0n) is 17.4. The first kappa shape index (κ1) is 25.6. The van der Waals surface area contributed by atoms with Crippen molar-refractivity contribution in [2.75, 3.05) is 46.2 Å². The lowest BCUT2D eigenvalue weighted by molar-refractivity contribution is -0.119. The van der Waals surface area contributed by atoms with Crippen molar-refractivity contribution in [1.29, 1.82) is 0 Å². The number of thiocarbonyl (C=S) groups is 1. The maximum atomic E-state index is 11.9. The van der Waals surface area contributed by atoms with Crippen molar-refractivity contribution in [2.24, 2.45) is 5.11 Å². The van der Waals surface area contributed by atoms with Crippen molar-refractivity contribution >= 4 is 23.1 Å². The largest absolute Gasteiger partial charge is 0.379 e. The van der Waals surface area contributed by atoms with Crippen LogP contribution in [0.1, 0.15) is 51.9 Å². The fraction of sp³-hybridized carbons (Fsp3) is 0.895. The van der Waals surface area contributed by atoms with E-state index in [1.165, 1.54) is 0 Å². The molecule has 0 aromatic rings. The number of ether oxygens (including phenoxy) is 3. The highest BCUT2D eigenvalue weighted by Crippen LogP contribution is 2.12. The van der Waals surface area contributed by atoms with Gasteiger partial charge < -0.3 is 24.8 Å². The number of carbonyl (C=O) groups is 1. The van der Waals surface area contributed by atoms with Crippen LogP contribution in [0, 0.1) is 0 Å². The highest BCUT2D eigenvalue weighted by molar-refractivity contribution is 7.80. The predicted molar refractivity (Wildman–Crippen MR) is 116 cm³/mol. The van der Waals surface area contributed by atoms with Crippen LogP contribution in [0.25, 0.3) is 10.4 Å². The summed E-state index contributed by atoms with van der Waals surface area (Å²) < 4.78 is 16.0. The summed E-state index contributed by atoms with van der Waals surface area (Å²) in [7, 11) is 0. The quantitative estimate of drug-likeness (QED) is 0.107. The van der Waals surface area contributed by atoms with E-state index in [0.717, 1.165) is 37.2 Å². The summed E-state index contributed by atoms with van der Waals surface area (Å²) in [6.45, 7) is 5.42. The van der Waals surface area contributed by atoms with E-state index in [0.29, 0.717) is 76.9 Å². The standard InChI is InChI=1S/C19H35N5O4S/c1-16-18(23-19(29)22-16)8-4-2-3-6-17(25)7-5-10-26-12-14-28-15-13-27-11-9-21-24-20/h16,18H,2-15H2,1H3,(H2,22,23,29)/t16-,18+/m0/s1. The van der Waals surface area contributed by atoms with Crippen molar-refractivity contribution in [2.45, 2.75) is 64.0 Å². The van der Waals surface area contributed by atoms with Crippen molar-refractivity contribution in [3.05, 3.63) is 10.4 Å². The molecule has 1 aliphatic rings. The van der Waals surface area contributed by atoms with Crippen molar-refractivity contribution in [3.63, 3.8) is 0 Å². The molecule has 1 fully saturated rings. The maximum absolute atomic E-state index is 11.9. The first-order chi connectivity index (χ1) is 14.1. The van der Waals surface area contributed by atoms with Crippen LogP contribution in [0.2, 0.25) is 0 Å². The minimum atomic E-state index is 0.318. The molecule has 9 nitrogen and oxygen atoms in total. The van der Waals surface area contributed by atoms with Gasteiger partial charge in [0.2, 0.25) is 0 Å². The molecule has 2 N–H and O–H groups in total. The van der Waals surface area contributed by atoms with Gasteiger partial charge in [0.25, 0.3) is 0 Å². The second-order valence-corrected chi connectivity index (χ2v) is 7.45. The topological polar surface area (TPSA) is 118 Å². The Hall–Kier alpha value is -1.45. The number of carbonyl (C=O) groups excluding carboxylic acids is 1. The number of Topliss-reactive ketones (excluding diaryl/α,β-unsaturated/α-hetero) is 1. The van der Waals surface area contributed by atoms with Crippen molar-refractivity contribution in [3.8, 4) is 0 Å². The molecule has 2 atom stereocenters. The first-order valence-electron chi connectivity index (χ1n) is 10.5. The Labute approximate surface area is 178 Å². The Bertz CT molecular complexity index is 517. The van der Waals surface area contributed by atoms with Gasteiger partial charge in [-0.2, -0.15) is 0 Å². The van der Waals surface area contributed by atoms with Gasteiger partial charge in [-0.25, -0.2) is 0 Å². The first-order valence-corrected chi connectivity index (χ1v) is 10.9. The van der Waals surface area contributed by atoms with Crippen LogP contribution in [-0.2, 0) is 19.0 Å². The number of unbranched alkanes of at least 4 members (excludes halogenated alkanes) is 2. The van der Waals surface area contributed by atoms with Crippen LogP contribution in [-0.4, -0.2) is 69.2 Å². The van der Waals surface area contributed by atoms with Gasteiger partial charge in [0.05, 0.1) is 33.0 Å². The minimum absolute atomic E-state index is 0.318. The SMILES string of the molecule is C[C@@H]1NC(=S)N[C@@H]1CCCCCC(=O)CCCOCCOCCOCCN=[N+]=[N-]. The molecule has 0 spiro atoms. The van der Waals surface area contributed by atoms with Crippen molar-refractivity contribution in [1.82, 2.24) is 10.6 Å². The van der Waals surface area contributed by atoms with Gasteiger partial charge in [-0.15, -0.1) is 0 Å². The molecule has 29 heavy (non-hydrogen) atoms. The lowest BCUT2D eigenvalue weighted by Gasteiger charge is -2.13. The smallest absolute Gasteiger partial charge is 0.166 e. The molecule has 0 aromatic heterocycles. The number of azide groups is 1. The van der Waals surface area contributed by atoms with Crippen LogP contribution >= 0.6 is 12.2 Å². The Kier molecular flexibility index (Phi) is 15.4. The van der Waals surface area contributed by atoms with E-state index in [9.17, 15) is 4.79 Å². The zero-order chi connectivity index (χ0) is 21.2. The fourth-order valence-corrected chi connectivity index (χ4v) is 3.35. The van der Waals surface area contributed by atoms with E-state index < -0.39 is 0 Å². The van der Waals surface area contributed by atoms with Crippen LogP contribution in [0.3, 0.4) is 0 Å². The summed E-state index contributed by atoms with van der Waals surface area (Å²) in [6, 6.07) is 0.800.